The van der Waals surface area contributed by atoms with Gasteiger partial charge in [0, 0.05) is 56.7 Å². The highest BCUT2D eigenvalue weighted by atomic mass is 79.9. The molecule has 5 rings (SSSR count). The van der Waals surface area contributed by atoms with E-state index in [-0.39, 0.29) is 0 Å². The van der Waals surface area contributed by atoms with Crippen LogP contribution >= 0.6 is 27.9 Å². The molecule has 2 aromatic carbocycles. The zero-order valence-corrected chi connectivity index (χ0v) is 23.1. The third kappa shape index (κ3) is 5.50. The van der Waals surface area contributed by atoms with Crippen molar-refractivity contribution >= 4 is 73.4 Å². The van der Waals surface area contributed by atoms with Crippen LogP contribution in [0.2, 0.25) is 0 Å². The standard InChI is InChI=1S/C25H27BrN8O2S/c1-33(37-3)23-20(7-6-19-22(23)28-9-8-27-19)30-24-17(26)15-29-25(32-24)31-18-5-4-16(14-21(18)35-2)34-10-12-36-13-11-34/h4-9,14-15H,10-13H2,1-3H3,(H2,29,30,31,32). The van der Waals surface area contributed by atoms with Crippen LogP contribution in [0.5, 0.6) is 5.75 Å². The SMILES string of the molecule is COc1cc(N2CCOCC2)ccc1Nc1ncc(Br)c(Nc2ccc3nccnc3c2N(C)SC)n1. The number of aromatic nitrogens is 4. The number of benzene rings is 2. The second-order valence-corrected chi connectivity index (χ2v) is 9.96. The average Bonchev–Trinajstić information content (AvgIpc) is 2.95. The summed E-state index contributed by atoms with van der Waals surface area (Å²) < 4.78 is 13.9. The van der Waals surface area contributed by atoms with Crippen molar-refractivity contribution in [2.75, 3.05) is 66.6 Å². The number of nitrogens with zero attached hydrogens (tertiary/aromatic N) is 6. The van der Waals surface area contributed by atoms with Crippen LogP contribution in [-0.2, 0) is 4.74 Å². The summed E-state index contributed by atoms with van der Waals surface area (Å²) in [5.74, 6) is 1.76. The van der Waals surface area contributed by atoms with Gasteiger partial charge in [0.1, 0.15) is 17.1 Å². The van der Waals surface area contributed by atoms with E-state index in [1.165, 1.54) is 0 Å². The van der Waals surface area contributed by atoms with E-state index in [0.717, 1.165) is 64.6 Å². The quantitative estimate of drug-likeness (QED) is 0.267. The molecule has 1 fully saturated rings. The zero-order valence-electron chi connectivity index (χ0n) is 20.7. The zero-order chi connectivity index (χ0) is 25.8. The lowest BCUT2D eigenvalue weighted by atomic mass is 10.2. The number of fused-ring (bicyclic) bond motifs is 1. The average molecular weight is 584 g/mol. The predicted molar refractivity (Wildman–Crippen MR) is 154 cm³/mol. The summed E-state index contributed by atoms with van der Waals surface area (Å²) in [6, 6.07) is 9.99. The van der Waals surface area contributed by atoms with E-state index < -0.39 is 0 Å². The van der Waals surface area contributed by atoms with Crippen molar-refractivity contribution in [3.8, 4) is 5.75 Å². The number of hydrogen-bond acceptors (Lipinski definition) is 11. The molecule has 0 bridgehead atoms. The number of nitrogens with one attached hydrogen (secondary N) is 2. The van der Waals surface area contributed by atoms with Crippen molar-refractivity contribution in [3.63, 3.8) is 0 Å². The number of rotatable bonds is 8. The van der Waals surface area contributed by atoms with Crippen molar-refractivity contribution in [3.05, 3.63) is 53.4 Å². The Kier molecular flexibility index (Phi) is 7.77. The predicted octanol–water partition coefficient (Wildman–Crippen LogP) is 5.23. The van der Waals surface area contributed by atoms with Gasteiger partial charge in [0.25, 0.3) is 0 Å². The number of halogens is 1. The van der Waals surface area contributed by atoms with Gasteiger partial charge in [0.15, 0.2) is 0 Å². The minimum atomic E-state index is 0.434. The first-order valence-corrected chi connectivity index (χ1v) is 13.6. The van der Waals surface area contributed by atoms with Crippen molar-refractivity contribution in [2.24, 2.45) is 0 Å². The Morgan fingerprint density at radius 2 is 1.84 bits per heavy atom. The molecule has 1 aliphatic heterocycles. The van der Waals surface area contributed by atoms with E-state index in [1.807, 2.05) is 37.6 Å². The Morgan fingerprint density at radius 1 is 1.05 bits per heavy atom. The highest BCUT2D eigenvalue weighted by molar-refractivity contribution is 9.10. The van der Waals surface area contributed by atoms with Crippen LogP contribution in [0.1, 0.15) is 0 Å². The molecular weight excluding hydrogens is 556 g/mol. The highest BCUT2D eigenvalue weighted by Gasteiger charge is 2.17. The summed E-state index contributed by atoms with van der Waals surface area (Å²) in [6.45, 7) is 3.16. The summed E-state index contributed by atoms with van der Waals surface area (Å²) in [7, 11) is 3.65. The number of morpholine rings is 1. The van der Waals surface area contributed by atoms with Crippen molar-refractivity contribution < 1.29 is 9.47 Å². The molecule has 0 atom stereocenters. The maximum absolute atomic E-state index is 5.67. The number of hydrogen-bond donors (Lipinski definition) is 2. The fraction of sp³-hybridized carbons (Fsp3) is 0.280. The van der Waals surface area contributed by atoms with E-state index in [4.69, 9.17) is 14.5 Å². The summed E-state index contributed by atoms with van der Waals surface area (Å²) in [5.41, 5.74) is 5.26. The normalized spacial score (nSPS) is 13.5. The van der Waals surface area contributed by atoms with Gasteiger partial charge >= 0.3 is 0 Å². The maximum Gasteiger partial charge on any atom is 0.229 e. The number of methoxy groups -OCH3 is 1. The minimum absolute atomic E-state index is 0.434. The third-order valence-corrected chi connectivity index (χ3v) is 7.32. The van der Waals surface area contributed by atoms with Gasteiger partial charge in [0.2, 0.25) is 5.95 Å². The molecule has 1 aliphatic rings. The molecule has 37 heavy (non-hydrogen) atoms. The third-order valence-electron chi connectivity index (χ3n) is 6.01. The molecule has 0 spiro atoms. The molecule has 2 aromatic heterocycles. The van der Waals surface area contributed by atoms with Crippen LogP contribution in [-0.4, -0.2) is 66.7 Å². The molecule has 0 unspecified atom stereocenters. The lowest BCUT2D eigenvalue weighted by Crippen LogP contribution is -2.36. The van der Waals surface area contributed by atoms with Crippen molar-refractivity contribution in [2.45, 2.75) is 0 Å². The van der Waals surface area contributed by atoms with Crippen LogP contribution in [0.15, 0.2) is 53.4 Å². The summed E-state index contributed by atoms with van der Waals surface area (Å²) >= 11 is 5.17. The fourth-order valence-electron chi connectivity index (χ4n) is 4.10. The van der Waals surface area contributed by atoms with Gasteiger partial charge in [-0.2, -0.15) is 4.98 Å². The molecule has 3 heterocycles. The van der Waals surface area contributed by atoms with Crippen LogP contribution in [0, 0.1) is 0 Å². The summed E-state index contributed by atoms with van der Waals surface area (Å²) in [6.07, 6.45) is 7.12. The van der Waals surface area contributed by atoms with Crippen LogP contribution < -0.4 is 24.6 Å². The van der Waals surface area contributed by atoms with E-state index in [0.29, 0.717) is 17.5 Å². The molecule has 0 amide bonds. The Hall–Kier alpha value is -3.35. The van der Waals surface area contributed by atoms with E-state index in [9.17, 15) is 0 Å². The molecule has 12 heteroatoms. The smallest absolute Gasteiger partial charge is 0.229 e. The Balaban J connectivity index is 1.43. The van der Waals surface area contributed by atoms with Gasteiger partial charge in [-0.15, -0.1) is 0 Å². The molecular formula is C25H27BrN8O2S. The minimum Gasteiger partial charge on any atom is -0.494 e. The fourth-order valence-corrected chi connectivity index (χ4v) is 4.75. The maximum atomic E-state index is 5.67. The molecule has 0 saturated carbocycles. The second kappa shape index (κ2) is 11.4. The highest BCUT2D eigenvalue weighted by Crippen LogP contribution is 2.38. The van der Waals surface area contributed by atoms with Gasteiger partial charge in [0.05, 0.1) is 47.4 Å². The molecule has 10 nitrogen and oxygen atoms in total. The Morgan fingerprint density at radius 3 is 2.62 bits per heavy atom. The summed E-state index contributed by atoms with van der Waals surface area (Å²) in [4.78, 5) is 20.5. The molecule has 1 saturated heterocycles. The molecule has 192 valence electrons. The molecule has 0 aliphatic carbocycles. The van der Waals surface area contributed by atoms with Gasteiger partial charge in [-0.25, -0.2) is 4.98 Å². The largest absolute Gasteiger partial charge is 0.494 e. The monoisotopic (exact) mass is 582 g/mol. The van der Waals surface area contributed by atoms with Gasteiger partial charge in [-0.1, -0.05) is 11.9 Å². The Labute approximate surface area is 228 Å². The number of anilines is 6. The first kappa shape index (κ1) is 25.3. The van der Waals surface area contributed by atoms with Crippen LogP contribution in [0.25, 0.3) is 11.0 Å². The van der Waals surface area contributed by atoms with Crippen molar-refractivity contribution in [1.82, 2.24) is 19.9 Å². The molecule has 2 N–H and O–H groups in total. The van der Waals surface area contributed by atoms with Gasteiger partial charge < -0.3 is 29.3 Å². The lowest BCUT2D eigenvalue weighted by molar-refractivity contribution is 0.122. The van der Waals surface area contributed by atoms with E-state index in [1.54, 1.807) is 37.6 Å². The van der Waals surface area contributed by atoms with Gasteiger partial charge in [-0.05, 0) is 40.2 Å². The second-order valence-electron chi connectivity index (χ2n) is 8.19. The van der Waals surface area contributed by atoms with Crippen LogP contribution in [0.4, 0.5) is 34.5 Å². The van der Waals surface area contributed by atoms with E-state index >= 15 is 0 Å². The Bertz CT molecular complexity index is 1400. The van der Waals surface area contributed by atoms with Crippen molar-refractivity contribution in [1.29, 1.82) is 0 Å². The van der Waals surface area contributed by atoms with E-state index in [2.05, 4.69) is 56.8 Å². The molecule has 0 radical (unpaired) electrons. The first-order valence-electron chi connectivity index (χ1n) is 11.7. The number of ether oxygens (including phenoxy) is 2. The topological polar surface area (TPSA) is 101 Å². The first-order chi connectivity index (χ1) is 18.1. The lowest BCUT2D eigenvalue weighted by Gasteiger charge is -2.29. The molecule has 4 aromatic rings. The van der Waals surface area contributed by atoms with Crippen LogP contribution in [0.3, 0.4) is 0 Å². The van der Waals surface area contributed by atoms with Gasteiger partial charge in [-0.3, -0.25) is 9.97 Å². The summed E-state index contributed by atoms with van der Waals surface area (Å²) in [5, 5.41) is 6.74.